The third-order valence-electron chi connectivity index (χ3n) is 4.30. The highest BCUT2D eigenvalue weighted by molar-refractivity contribution is 5.59. The lowest BCUT2D eigenvalue weighted by Gasteiger charge is -2.41. The lowest BCUT2D eigenvalue weighted by Crippen LogP contribution is -2.36. The van der Waals surface area contributed by atoms with Crippen LogP contribution in [0.4, 0.5) is 10.3 Å². The molecule has 6 heteroatoms. The predicted molar refractivity (Wildman–Crippen MR) is 72.5 cm³/mol. The van der Waals surface area contributed by atoms with Gasteiger partial charge in [-0.05, 0) is 19.3 Å². The molecule has 0 atom stereocenters. The zero-order chi connectivity index (χ0) is 14.3. The molecule has 0 amide bonds. The Labute approximate surface area is 116 Å². The highest BCUT2D eigenvalue weighted by Gasteiger charge is 2.43. The number of nitrogens with zero attached hydrogens (tertiary/aromatic N) is 4. The summed E-state index contributed by atoms with van der Waals surface area (Å²) >= 11 is 0. The molecule has 5 nitrogen and oxygen atoms in total. The molecule has 0 radical (unpaired) electrons. The first-order chi connectivity index (χ1) is 9.63. The number of nitrogens with two attached hydrogens (primary N) is 1. The van der Waals surface area contributed by atoms with Crippen molar-refractivity contribution in [1.82, 2.24) is 14.6 Å². The minimum Gasteiger partial charge on any atom is -0.367 e. The first kappa shape index (κ1) is 12.9. The normalized spacial score (nSPS) is 16.9. The Morgan fingerprint density at radius 3 is 2.85 bits per heavy atom. The number of hydrogen-bond acceptors (Lipinski definition) is 4. The standard InChI is InChI=1S/C14H16FN5/c1-2-4-14(5-3-6-14)12-9(7-16)11(15)10-8-18-13(17)19-20(10)12/h8H,2-6H2,1H3,(H2,17,19). The monoisotopic (exact) mass is 273 g/mol. The van der Waals surface area contributed by atoms with Crippen molar-refractivity contribution in [2.75, 3.05) is 5.73 Å². The van der Waals surface area contributed by atoms with Gasteiger partial charge in [0.1, 0.15) is 17.1 Å². The molecular weight excluding hydrogens is 257 g/mol. The largest absolute Gasteiger partial charge is 0.367 e. The van der Waals surface area contributed by atoms with Crippen molar-refractivity contribution in [1.29, 1.82) is 5.26 Å². The molecule has 1 aliphatic rings. The number of fused-ring (bicyclic) bond motifs is 1. The molecule has 2 aromatic heterocycles. The van der Waals surface area contributed by atoms with Crippen LogP contribution in [0.5, 0.6) is 0 Å². The summed E-state index contributed by atoms with van der Waals surface area (Å²) in [5.41, 5.74) is 6.48. The molecule has 2 aromatic rings. The molecule has 0 bridgehead atoms. The molecule has 1 aliphatic carbocycles. The van der Waals surface area contributed by atoms with E-state index in [0.717, 1.165) is 32.1 Å². The van der Waals surface area contributed by atoms with E-state index in [1.54, 1.807) is 0 Å². The van der Waals surface area contributed by atoms with Gasteiger partial charge >= 0.3 is 0 Å². The van der Waals surface area contributed by atoms with Crippen molar-refractivity contribution in [3.63, 3.8) is 0 Å². The zero-order valence-corrected chi connectivity index (χ0v) is 11.4. The smallest absolute Gasteiger partial charge is 0.238 e. The number of hydrogen-bond donors (Lipinski definition) is 1. The molecule has 1 saturated carbocycles. The van der Waals surface area contributed by atoms with Crippen LogP contribution in [0.3, 0.4) is 0 Å². The Morgan fingerprint density at radius 2 is 2.30 bits per heavy atom. The molecule has 0 aromatic carbocycles. The predicted octanol–water partition coefficient (Wildman–Crippen LogP) is 2.54. The molecule has 0 spiro atoms. The van der Waals surface area contributed by atoms with Gasteiger partial charge in [0, 0.05) is 5.41 Å². The summed E-state index contributed by atoms with van der Waals surface area (Å²) in [6.45, 7) is 2.10. The first-order valence-electron chi connectivity index (χ1n) is 6.86. The van der Waals surface area contributed by atoms with Gasteiger partial charge in [-0.25, -0.2) is 13.9 Å². The van der Waals surface area contributed by atoms with Gasteiger partial charge in [-0.1, -0.05) is 19.8 Å². The maximum Gasteiger partial charge on any atom is 0.238 e. The van der Waals surface area contributed by atoms with E-state index in [-0.39, 0.29) is 22.4 Å². The average Bonchev–Trinajstić information content (AvgIpc) is 2.66. The van der Waals surface area contributed by atoms with Gasteiger partial charge in [0.2, 0.25) is 5.95 Å². The molecule has 0 saturated heterocycles. The zero-order valence-electron chi connectivity index (χ0n) is 11.4. The summed E-state index contributed by atoms with van der Waals surface area (Å²) in [6.07, 6.45) is 6.29. The summed E-state index contributed by atoms with van der Waals surface area (Å²) in [4.78, 5) is 3.83. The summed E-state index contributed by atoms with van der Waals surface area (Å²) in [6, 6.07) is 2.00. The summed E-state index contributed by atoms with van der Waals surface area (Å²) in [5, 5.41) is 13.5. The van der Waals surface area contributed by atoms with Crippen LogP contribution in [0.2, 0.25) is 0 Å². The molecule has 0 unspecified atom stereocenters. The second-order valence-electron chi connectivity index (χ2n) is 5.45. The minimum atomic E-state index is -0.537. The van der Waals surface area contributed by atoms with Crippen LogP contribution < -0.4 is 5.73 Å². The van der Waals surface area contributed by atoms with Gasteiger partial charge in [-0.3, -0.25) is 0 Å². The van der Waals surface area contributed by atoms with E-state index < -0.39 is 5.82 Å². The SMILES string of the molecule is CCCC1(c2c(C#N)c(F)c3cnc(N)nn23)CCC1. The Hall–Kier alpha value is -2.16. The van der Waals surface area contributed by atoms with Crippen molar-refractivity contribution < 1.29 is 4.39 Å². The van der Waals surface area contributed by atoms with E-state index >= 15 is 0 Å². The fourth-order valence-electron chi connectivity index (χ4n) is 3.30. The number of nitriles is 1. The average molecular weight is 273 g/mol. The first-order valence-corrected chi connectivity index (χ1v) is 6.86. The van der Waals surface area contributed by atoms with Gasteiger partial charge in [0.25, 0.3) is 0 Å². The molecule has 3 rings (SSSR count). The molecule has 2 heterocycles. The molecule has 2 N–H and O–H groups in total. The Bertz CT molecular complexity index is 708. The van der Waals surface area contributed by atoms with Crippen molar-refractivity contribution in [2.45, 2.75) is 44.4 Å². The van der Waals surface area contributed by atoms with Crippen molar-refractivity contribution in [3.05, 3.63) is 23.3 Å². The number of aromatic nitrogens is 3. The fraction of sp³-hybridized carbons (Fsp3) is 0.500. The van der Waals surface area contributed by atoms with Gasteiger partial charge in [-0.2, -0.15) is 5.26 Å². The minimum absolute atomic E-state index is 0.0872. The number of halogens is 1. The number of rotatable bonds is 3. The summed E-state index contributed by atoms with van der Waals surface area (Å²) in [7, 11) is 0. The van der Waals surface area contributed by atoms with Gasteiger partial charge in [-0.15, -0.1) is 5.10 Å². The molecular formula is C14H16FN5. The quantitative estimate of drug-likeness (QED) is 0.931. The van der Waals surface area contributed by atoms with E-state index in [4.69, 9.17) is 5.73 Å². The van der Waals surface area contributed by atoms with Gasteiger partial charge in [0.15, 0.2) is 5.82 Å². The summed E-state index contributed by atoms with van der Waals surface area (Å²) < 4.78 is 15.9. The Balaban J connectivity index is 2.33. The summed E-state index contributed by atoms with van der Waals surface area (Å²) in [5.74, 6) is -0.450. The van der Waals surface area contributed by atoms with Crippen LogP contribution in [-0.4, -0.2) is 14.6 Å². The fourth-order valence-corrected chi connectivity index (χ4v) is 3.30. The van der Waals surface area contributed by atoms with E-state index in [9.17, 15) is 9.65 Å². The van der Waals surface area contributed by atoms with E-state index in [0.29, 0.717) is 5.69 Å². The second-order valence-corrected chi connectivity index (χ2v) is 5.45. The van der Waals surface area contributed by atoms with Crippen molar-refractivity contribution >= 4 is 11.5 Å². The molecule has 0 aliphatic heterocycles. The third kappa shape index (κ3) is 1.59. The lowest BCUT2D eigenvalue weighted by molar-refractivity contribution is 0.213. The third-order valence-corrected chi connectivity index (χ3v) is 4.30. The highest BCUT2D eigenvalue weighted by Crippen LogP contribution is 2.49. The van der Waals surface area contributed by atoms with E-state index in [2.05, 4.69) is 17.0 Å². The van der Waals surface area contributed by atoms with Crippen LogP contribution in [0.1, 0.15) is 50.3 Å². The van der Waals surface area contributed by atoms with Crippen molar-refractivity contribution in [2.24, 2.45) is 0 Å². The van der Waals surface area contributed by atoms with Crippen molar-refractivity contribution in [3.8, 4) is 6.07 Å². The van der Waals surface area contributed by atoms with E-state index in [1.165, 1.54) is 10.7 Å². The Morgan fingerprint density at radius 1 is 1.55 bits per heavy atom. The maximum atomic E-state index is 14.4. The van der Waals surface area contributed by atoms with Gasteiger partial charge < -0.3 is 5.73 Å². The number of nitrogen functional groups attached to an aromatic ring is 1. The topological polar surface area (TPSA) is 80.0 Å². The lowest BCUT2D eigenvalue weighted by atomic mass is 9.63. The molecule has 1 fully saturated rings. The van der Waals surface area contributed by atoms with Gasteiger partial charge in [0.05, 0.1) is 11.9 Å². The Kier molecular flexibility index (Phi) is 2.85. The second kappa shape index (κ2) is 4.44. The van der Waals surface area contributed by atoms with Crippen LogP contribution in [0, 0.1) is 17.1 Å². The highest BCUT2D eigenvalue weighted by atomic mass is 19.1. The van der Waals surface area contributed by atoms with Crippen LogP contribution in [0.15, 0.2) is 6.20 Å². The van der Waals surface area contributed by atoms with Crippen LogP contribution in [-0.2, 0) is 5.41 Å². The molecule has 20 heavy (non-hydrogen) atoms. The maximum absolute atomic E-state index is 14.4. The number of anilines is 1. The van der Waals surface area contributed by atoms with E-state index in [1.807, 2.05) is 6.07 Å². The molecule has 104 valence electrons. The van der Waals surface area contributed by atoms with Crippen LogP contribution in [0.25, 0.3) is 5.52 Å². The van der Waals surface area contributed by atoms with Crippen LogP contribution >= 0.6 is 0 Å².